The predicted octanol–water partition coefficient (Wildman–Crippen LogP) is 5.24. The number of phenolic OH excluding ortho intramolecular Hbond substituents is 2. The Bertz CT molecular complexity index is 636. The lowest BCUT2D eigenvalue weighted by molar-refractivity contribution is 0.476. The van der Waals surface area contributed by atoms with Crippen LogP contribution in [0, 0.1) is 0 Å². The van der Waals surface area contributed by atoms with Gasteiger partial charge in [0.15, 0.2) is 11.5 Å². The van der Waals surface area contributed by atoms with Crippen molar-refractivity contribution in [1.29, 1.82) is 0 Å². The van der Waals surface area contributed by atoms with Crippen LogP contribution in [-0.2, 0) is 0 Å². The fourth-order valence-corrected chi connectivity index (χ4v) is 2.78. The Balaban J connectivity index is 1.96. The van der Waals surface area contributed by atoms with Gasteiger partial charge >= 0.3 is 0 Å². The molecule has 2 rings (SSSR count). The molecule has 0 aromatic heterocycles. The van der Waals surface area contributed by atoms with E-state index in [1.807, 2.05) is 0 Å². The molecule has 0 atom stereocenters. The van der Waals surface area contributed by atoms with Gasteiger partial charge in [-0.15, -0.1) is 0 Å². The molecule has 0 saturated heterocycles. The molecule has 2 aromatic rings. The van der Waals surface area contributed by atoms with Crippen LogP contribution >= 0.6 is 46.4 Å². The van der Waals surface area contributed by atoms with Gasteiger partial charge in [-0.1, -0.05) is 46.4 Å². The van der Waals surface area contributed by atoms with E-state index >= 15 is 0 Å². The highest BCUT2D eigenvalue weighted by Gasteiger charge is 2.09. The third-order valence-corrected chi connectivity index (χ3v) is 3.82. The van der Waals surface area contributed by atoms with E-state index in [0.717, 1.165) is 0 Å². The Morgan fingerprint density at radius 1 is 0.682 bits per heavy atom. The standard InChI is InChI=1S/C14H12Cl4N2O2/c15-7-3-9(17)13(21)11(5-7)19-1-2-20-12-6-8(16)4-10(18)14(12)22/h3-6,19-22H,1-2H2. The SMILES string of the molecule is Oc1c(Cl)cc(Cl)cc1NCCNc1cc(Cl)cc(Cl)c1O. The van der Waals surface area contributed by atoms with Gasteiger partial charge in [-0.05, 0) is 24.3 Å². The zero-order chi connectivity index (χ0) is 16.3. The van der Waals surface area contributed by atoms with Crippen LogP contribution in [0.25, 0.3) is 0 Å². The Hall–Kier alpha value is -1.20. The summed E-state index contributed by atoms with van der Waals surface area (Å²) >= 11 is 23.4. The van der Waals surface area contributed by atoms with Crippen molar-refractivity contribution in [2.45, 2.75) is 0 Å². The molecule has 0 amide bonds. The van der Waals surface area contributed by atoms with Gasteiger partial charge in [0.05, 0.1) is 21.4 Å². The van der Waals surface area contributed by atoms with E-state index in [0.29, 0.717) is 34.5 Å². The van der Waals surface area contributed by atoms with Gasteiger partial charge < -0.3 is 20.8 Å². The number of nitrogens with one attached hydrogen (secondary N) is 2. The monoisotopic (exact) mass is 380 g/mol. The van der Waals surface area contributed by atoms with Crippen LogP contribution in [-0.4, -0.2) is 23.3 Å². The lowest BCUT2D eigenvalue weighted by Gasteiger charge is -2.13. The van der Waals surface area contributed by atoms with Crippen LogP contribution in [0.4, 0.5) is 11.4 Å². The summed E-state index contributed by atoms with van der Waals surface area (Å²) in [4.78, 5) is 0. The van der Waals surface area contributed by atoms with Crippen LogP contribution in [0.3, 0.4) is 0 Å². The van der Waals surface area contributed by atoms with Crippen molar-refractivity contribution < 1.29 is 10.2 Å². The number of phenols is 2. The van der Waals surface area contributed by atoms with Gasteiger partial charge in [0.25, 0.3) is 0 Å². The van der Waals surface area contributed by atoms with Crippen LogP contribution in [0.15, 0.2) is 24.3 Å². The van der Waals surface area contributed by atoms with Crippen molar-refractivity contribution in [3.8, 4) is 11.5 Å². The van der Waals surface area contributed by atoms with Crippen molar-refractivity contribution >= 4 is 57.8 Å². The highest BCUT2D eigenvalue weighted by molar-refractivity contribution is 6.36. The van der Waals surface area contributed by atoms with Gasteiger partial charge in [-0.3, -0.25) is 0 Å². The molecule has 8 heteroatoms. The number of anilines is 2. The quantitative estimate of drug-likeness (QED) is 0.422. The van der Waals surface area contributed by atoms with E-state index in [1.54, 1.807) is 12.1 Å². The topological polar surface area (TPSA) is 64.5 Å². The molecule has 0 heterocycles. The lowest BCUT2D eigenvalue weighted by atomic mass is 10.2. The number of hydrogen-bond donors (Lipinski definition) is 4. The zero-order valence-electron chi connectivity index (χ0n) is 11.1. The Morgan fingerprint density at radius 3 is 1.41 bits per heavy atom. The highest BCUT2D eigenvalue weighted by atomic mass is 35.5. The summed E-state index contributed by atoms with van der Waals surface area (Å²) in [7, 11) is 0. The molecular formula is C14H12Cl4N2O2. The number of halogens is 4. The summed E-state index contributed by atoms with van der Waals surface area (Å²) in [6.45, 7) is 0.877. The van der Waals surface area contributed by atoms with Crippen LogP contribution in [0.1, 0.15) is 0 Å². The van der Waals surface area contributed by atoms with Crippen molar-refractivity contribution in [2.75, 3.05) is 23.7 Å². The van der Waals surface area contributed by atoms with E-state index in [-0.39, 0.29) is 21.5 Å². The minimum Gasteiger partial charge on any atom is -0.504 e. The molecular weight excluding hydrogens is 370 g/mol. The van der Waals surface area contributed by atoms with Gasteiger partial charge in [-0.25, -0.2) is 0 Å². The van der Waals surface area contributed by atoms with E-state index in [9.17, 15) is 10.2 Å². The number of benzene rings is 2. The first-order valence-corrected chi connectivity index (χ1v) is 7.73. The predicted molar refractivity (Wildman–Crippen MR) is 93.2 cm³/mol. The molecule has 4 nitrogen and oxygen atoms in total. The van der Waals surface area contributed by atoms with Gasteiger partial charge in [-0.2, -0.15) is 0 Å². The van der Waals surface area contributed by atoms with Gasteiger partial charge in [0.1, 0.15) is 0 Å². The minimum atomic E-state index is -0.0697. The lowest BCUT2D eigenvalue weighted by Crippen LogP contribution is -2.13. The summed E-state index contributed by atoms with van der Waals surface area (Å²) in [5.74, 6) is -0.139. The second kappa shape index (κ2) is 7.38. The Morgan fingerprint density at radius 2 is 1.05 bits per heavy atom. The van der Waals surface area contributed by atoms with Crippen molar-refractivity contribution in [3.63, 3.8) is 0 Å². The summed E-state index contributed by atoms with van der Waals surface area (Å²) in [6.07, 6.45) is 0. The first-order valence-electron chi connectivity index (χ1n) is 6.22. The fourth-order valence-electron chi connectivity index (χ4n) is 1.80. The molecule has 4 N–H and O–H groups in total. The number of aromatic hydroxyl groups is 2. The zero-order valence-corrected chi connectivity index (χ0v) is 14.2. The van der Waals surface area contributed by atoms with Gasteiger partial charge in [0, 0.05) is 23.1 Å². The maximum Gasteiger partial charge on any atom is 0.157 e. The molecule has 0 spiro atoms. The van der Waals surface area contributed by atoms with E-state index in [1.165, 1.54) is 12.1 Å². The summed E-state index contributed by atoms with van der Waals surface area (Å²) in [5.41, 5.74) is 0.847. The van der Waals surface area contributed by atoms with Crippen molar-refractivity contribution in [1.82, 2.24) is 0 Å². The molecule has 0 fully saturated rings. The highest BCUT2D eigenvalue weighted by Crippen LogP contribution is 2.36. The first-order chi connectivity index (χ1) is 10.4. The van der Waals surface area contributed by atoms with Crippen LogP contribution in [0.5, 0.6) is 11.5 Å². The van der Waals surface area contributed by atoms with E-state index in [2.05, 4.69) is 10.6 Å². The number of hydrogen-bond acceptors (Lipinski definition) is 4. The smallest absolute Gasteiger partial charge is 0.157 e. The molecule has 0 aliphatic carbocycles. The van der Waals surface area contributed by atoms with E-state index in [4.69, 9.17) is 46.4 Å². The third kappa shape index (κ3) is 4.17. The second-order valence-electron chi connectivity index (χ2n) is 4.42. The Labute approximate surface area is 147 Å². The molecule has 0 aliphatic rings. The fraction of sp³-hybridized carbons (Fsp3) is 0.143. The maximum atomic E-state index is 9.81. The minimum absolute atomic E-state index is 0.0697. The number of rotatable bonds is 5. The molecule has 0 saturated carbocycles. The van der Waals surface area contributed by atoms with Gasteiger partial charge in [0.2, 0.25) is 0 Å². The summed E-state index contributed by atoms with van der Waals surface area (Å²) < 4.78 is 0. The third-order valence-electron chi connectivity index (χ3n) is 2.81. The first kappa shape index (κ1) is 17.2. The summed E-state index contributed by atoms with van der Waals surface area (Å²) in [6, 6.07) is 6.04. The van der Waals surface area contributed by atoms with Crippen LogP contribution < -0.4 is 10.6 Å². The van der Waals surface area contributed by atoms with Crippen molar-refractivity contribution in [3.05, 3.63) is 44.4 Å². The molecule has 0 bridgehead atoms. The second-order valence-corrected chi connectivity index (χ2v) is 6.11. The average molecular weight is 382 g/mol. The van der Waals surface area contributed by atoms with E-state index < -0.39 is 0 Å². The normalized spacial score (nSPS) is 10.5. The van der Waals surface area contributed by atoms with Crippen molar-refractivity contribution in [2.24, 2.45) is 0 Å². The molecule has 22 heavy (non-hydrogen) atoms. The molecule has 0 aliphatic heterocycles. The maximum absolute atomic E-state index is 9.81. The molecule has 118 valence electrons. The molecule has 0 unspecified atom stereocenters. The average Bonchev–Trinajstić information content (AvgIpc) is 2.44. The van der Waals surface area contributed by atoms with Crippen LogP contribution in [0.2, 0.25) is 20.1 Å². The largest absolute Gasteiger partial charge is 0.504 e. The molecule has 0 radical (unpaired) electrons. The summed E-state index contributed by atoms with van der Waals surface area (Å²) in [5, 5.41) is 26.7. The Kier molecular flexibility index (Phi) is 5.75. The molecule has 2 aromatic carbocycles.